The highest BCUT2D eigenvalue weighted by Crippen LogP contribution is 2.24. The molecular weight excluding hydrogens is 228 g/mol. The molecule has 0 unspecified atom stereocenters. The molecule has 0 aliphatic carbocycles. The van der Waals surface area contributed by atoms with E-state index in [2.05, 4.69) is 9.97 Å². The third-order valence-electron chi connectivity index (χ3n) is 2.38. The second-order valence-corrected chi connectivity index (χ2v) is 3.84. The van der Waals surface area contributed by atoms with Crippen LogP contribution in [0.1, 0.15) is 18.2 Å². The molecule has 0 amide bonds. The summed E-state index contributed by atoms with van der Waals surface area (Å²) in [5.74, 6) is 1.18. The van der Waals surface area contributed by atoms with Crippen molar-refractivity contribution >= 4 is 0 Å². The molecular formula is C14H16N2O2. The summed E-state index contributed by atoms with van der Waals surface area (Å²) < 4.78 is 11.1. The lowest BCUT2D eigenvalue weighted by Gasteiger charge is -2.10. The molecule has 0 saturated carbocycles. The largest absolute Gasteiger partial charge is 0.488 e. The van der Waals surface area contributed by atoms with Gasteiger partial charge in [-0.1, -0.05) is 6.07 Å². The average molecular weight is 244 g/mol. The maximum absolute atomic E-state index is 5.64. The third kappa shape index (κ3) is 3.20. The van der Waals surface area contributed by atoms with Crippen molar-refractivity contribution in [2.45, 2.75) is 20.5 Å². The summed E-state index contributed by atoms with van der Waals surface area (Å²) in [6, 6.07) is 7.62. The van der Waals surface area contributed by atoms with Crippen LogP contribution in [-0.2, 0) is 6.61 Å². The SMILES string of the molecule is CCOc1cccnc1OCc1ccc(C)nc1. The van der Waals surface area contributed by atoms with Crippen LogP contribution in [0.25, 0.3) is 0 Å². The van der Waals surface area contributed by atoms with Crippen LogP contribution in [0, 0.1) is 6.92 Å². The Balaban J connectivity index is 2.03. The zero-order valence-corrected chi connectivity index (χ0v) is 10.6. The summed E-state index contributed by atoms with van der Waals surface area (Å²) in [5, 5.41) is 0. The van der Waals surface area contributed by atoms with E-state index in [1.54, 1.807) is 12.4 Å². The van der Waals surface area contributed by atoms with Gasteiger partial charge < -0.3 is 9.47 Å². The van der Waals surface area contributed by atoms with E-state index in [-0.39, 0.29) is 0 Å². The van der Waals surface area contributed by atoms with E-state index >= 15 is 0 Å². The van der Waals surface area contributed by atoms with Crippen LogP contribution in [0.2, 0.25) is 0 Å². The molecule has 0 radical (unpaired) electrons. The first-order valence-electron chi connectivity index (χ1n) is 5.91. The standard InChI is InChI=1S/C14H16N2O2/c1-3-17-13-5-4-8-15-14(13)18-10-12-7-6-11(2)16-9-12/h4-9H,3,10H2,1-2H3. The smallest absolute Gasteiger partial charge is 0.257 e. The minimum absolute atomic E-state index is 0.435. The first-order valence-corrected chi connectivity index (χ1v) is 5.91. The molecule has 0 bridgehead atoms. The van der Waals surface area contributed by atoms with Gasteiger partial charge in [0.2, 0.25) is 0 Å². The number of rotatable bonds is 5. The quantitative estimate of drug-likeness (QED) is 0.811. The van der Waals surface area contributed by atoms with Gasteiger partial charge in [0.25, 0.3) is 5.88 Å². The van der Waals surface area contributed by atoms with E-state index < -0.39 is 0 Å². The molecule has 0 N–H and O–H groups in total. The van der Waals surface area contributed by atoms with Crippen LogP contribution in [0.3, 0.4) is 0 Å². The fourth-order valence-corrected chi connectivity index (χ4v) is 1.49. The Morgan fingerprint density at radius 2 is 2.00 bits per heavy atom. The number of pyridine rings is 2. The normalized spacial score (nSPS) is 10.1. The van der Waals surface area contributed by atoms with E-state index in [4.69, 9.17) is 9.47 Å². The van der Waals surface area contributed by atoms with Crippen LogP contribution in [0.15, 0.2) is 36.7 Å². The van der Waals surface area contributed by atoms with Crippen molar-refractivity contribution in [1.82, 2.24) is 9.97 Å². The number of ether oxygens (including phenoxy) is 2. The van der Waals surface area contributed by atoms with Crippen LogP contribution in [0.4, 0.5) is 0 Å². The van der Waals surface area contributed by atoms with Gasteiger partial charge in [0, 0.05) is 23.7 Å². The van der Waals surface area contributed by atoms with Gasteiger partial charge in [-0.2, -0.15) is 0 Å². The van der Waals surface area contributed by atoms with Gasteiger partial charge in [0.15, 0.2) is 5.75 Å². The highest BCUT2D eigenvalue weighted by atomic mass is 16.5. The van der Waals surface area contributed by atoms with Crippen molar-refractivity contribution in [2.75, 3.05) is 6.61 Å². The Morgan fingerprint density at radius 1 is 1.11 bits per heavy atom. The van der Waals surface area contributed by atoms with Gasteiger partial charge in [-0.3, -0.25) is 4.98 Å². The summed E-state index contributed by atoms with van der Waals surface area (Å²) in [7, 11) is 0. The van der Waals surface area contributed by atoms with Gasteiger partial charge in [-0.05, 0) is 32.0 Å². The maximum atomic E-state index is 5.64. The summed E-state index contributed by atoms with van der Waals surface area (Å²) in [5.41, 5.74) is 2.00. The van der Waals surface area contributed by atoms with E-state index in [1.807, 2.05) is 38.1 Å². The first-order chi connectivity index (χ1) is 8.79. The van der Waals surface area contributed by atoms with E-state index in [9.17, 15) is 0 Å². The zero-order chi connectivity index (χ0) is 12.8. The highest BCUT2D eigenvalue weighted by molar-refractivity contribution is 5.32. The number of hydrogen-bond donors (Lipinski definition) is 0. The molecule has 0 fully saturated rings. The Kier molecular flexibility index (Phi) is 4.12. The van der Waals surface area contributed by atoms with Crippen LogP contribution in [-0.4, -0.2) is 16.6 Å². The number of hydrogen-bond acceptors (Lipinski definition) is 4. The van der Waals surface area contributed by atoms with E-state index in [1.165, 1.54) is 0 Å². The van der Waals surface area contributed by atoms with Crippen LogP contribution in [0.5, 0.6) is 11.6 Å². The van der Waals surface area contributed by atoms with Crippen LogP contribution >= 0.6 is 0 Å². The Bertz CT molecular complexity index is 497. The monoisotopic (exact) mass is 244 g/mol. The Labute approximate surface area is 107 Å². The lowest BCUT2D eigenvalue weighted by molar-refractivity contribution is 0.258. The van der Waals surface area contributed by atoms with Gasteiger partial charge in [-0.25, -0.2) is 4.98 Å². The van der Waals surface area contributed by atoms with Gasteiger partial charge in [-0.15, -0.1) is 0 Å². The van der Waals surface area contributed by atoms with Crippen molar-refractivity contribution in [1.29, 1.82) is 0 Å². The molecule has 4 heteroatoms. The molecule has 2 heterocycles. The summed E-state index contributed by atoms with van der Waals surface area (Å²) in [6.07, 6.45) is 3.49. The first kappa shape index (κ1) is 12.4. The second-order valence-electron chi connectivity index (χ2n) is 3.84. The van der Waals surface area contributed by atoms with E-state index in [0.29, 0.717) is 24.8 Å². The van der Waals surface area contributed by atoms with Gasteiger partial charge >= 0.3 is 0 Å². The molecule has 2 aromatic rings. The third-order valence-corrected chi connectivity index (χ3v) is 2.38. The molecule has 94 valence electrons. The van der Waals surface area contributed by atoms with Gasteiger partial charge in [0.05, 0.1) is 6.61 Å². The number of nitrogens with zero attached hydrogens (tertiary/aromatic N) is 2. The number of aromatic nitrogens is 2. The minimum atomic E-state index is 0.435. The molecule has 4 nitrogen and oxygen atoms in total. The van der Waals surface area contributed by atoms with Gasteiger partial charge in [0.1, 0.15) is 6.61 Å². The Morgan fingerprint density at radius 3 is 2.72 bits per heavy atom. The van der Waals surface area contributed by atoms with Crippen LogP contribution < -0.4 is 9.47 Å². The number of aryl methyl sites for hydroxylation is 1. The topological polar surface area (TPSA) is 44.2 Å². The molecule has 2 rings (SSSR count). The summed E-state index contributed by atoms with van der Waals surface area (Å²) in [4.78, 5) is 8.38. The fourth-order valence-electron chi connectivity index (χ4n) is 1.49. The molecule has 18 heavy (non-hydrogen) atoms. The predicted molar refractivity (Wildman–Crippen MR) is 68.7 cm³/mol. The van der Waals surface area contributed by atoms with Crippen molar-refractivity contribution in [2.24, 2.45) is 0 Å². The molecule has 0 spiro atoms. The minimum Gasteiger partial charge on any atom is -0.488 e. The lowest BCUT2D eigenvalue weighted by atomic mass is 10.3. The zero-order valence-electron chi connectivity index (χ0n) is 10.6. The van der Waals surface area contributed by atoms with Crippen molar-refractivity contribution in [3.8, 4) is 11.6 Å². The molecule has 0 atom stereocenters. The molecule has 0 aliphatic heterocycles. The molecule has 0 saturated heterocycles. The maximum Gasteiger partial charge on any atom is 0.257 e. The highest BCUT2D eigenvalue weighted by Gasteiger charge is 2.05. The van der Waals surface area contributed by atoms with E-state index in [0.717, 1.165) is 11.3 Å². The van der Waals surface area contributed by atoms with Crippen molar-refractivity contribution in [3.63, 3.8) is 0 Å². The second kappa shape index (κ2) is 6.00. The lowest BCUT2D eigenvalue weighted by Crippen LogP contribution is -2.01. The molecule has 2 aromatic heterocycles. The van der Waals surface area contributed by atoms with Crippen molar-refractivity contribution in [3.05, 3.63) is 47.9 Å². The summed E-state index contributed by atoms with van der Waals surface area (Å²) >= 11 is 0. The predicted octanol–water partition coefficient (Wildman–Crippen LogP) is 2.76. The molecule has 0 aromatic carbocycles. The van der Waals surface area contributed by atoms with Crippen molar-refractivity contribution < 1.29 is 9.47 Å². The molecule has 0 aliphatic rings. The fraction of sp³-hybridized carbons (Fsp3) is 0.286. The average Bonchev–Trinajstić information content (AvgIpc) is 2.40. The summed E-state index contributed by atoms with van der Waals surface area (Å²) in [6.45, 7) is 4.91. The Hall–Kier alpha value is -2.10.